The average molecular weight is 345 g/mol. The zero-order chi connectivity index (χ0) is 17.7. The van der Waals surface area contributed by atoms with E-state index in [2.05, 4.69) is 10.1 Å². The second-order valence-corrected chi connectivity index (χ2v) is 5.49. The van der Waals surface area contributed by atoms with Crippen LogP contribution in [0.15, 0.2) is 24.3 Å². The molecule has 0 spiro atoms. The van der Waals surface area contributed by atoms with Crippen LogP contribution in [0, 0.1) is 0 Å². The van der Waals surface area contributed by atoms with E-state index in [-0.39, 0.29) is 12.0 Å². The van der Waals surface area contributed by atoms with Crippen LogP contribution in [0.25, 0.3) is 0 Å². The molecule has 1 heterocycles. The van der Waals surface area contributed by atoms with E-state index in [9.17, 15) is 22.8 Å². The predicted octanol–water partition coefficient (Wildman–Crippen LogP) is 2.08. The van der Waals surface area contributed by atoms with E-state index in [0.29, 0.717) is 13.0 Å². The molecular weight excluding hydrogens is 327 g/mol. The molecule has 1 amide bonds. The number of halogens is 3. The number of nitrogens with one attached hydrogen (secondary N) is 1. The van der Waals surface area contributed by atoms with Crippen LogP contribution in [-0.4, -0.2) is 37.7 Å². The first-order valence-corrected chi connectivity index (χ1v) is 7.47. The molecule has 0 aliphatic carbocycles. The van der Waals surface area contributed by atoms with E-state index in [1.807, 2.05) is 0 Å². The minimum absolute atomic E-state index is 0.102. The van der Waals surface area contributed by atoms with Gasteiger partial charge in [-0.15, -0.1) is 0 Å². The fraction of sp³-hybridized carbons (Fsp3) is 0.500. The molecule has 2 rings (SSSR count). The van der Waals surface area contributed by atoms with Crippen molar-refractivity contribution in [3.63, 3.8) is 0 Å². The summed E-state index contributed by atoms with van der Waals surface area (Å²) < 4.78 is 48.2. The molecule has 132 valence electrons. The highest BCUT2D eigenvalue weighted by Gasteiger charge is 2.32. The van der Waals surface area contributed by atoms with Gasteiger partial charge in [0.15, 0.2) is 0 Å². The van der Waals surface area contributed by atoms with Gasteiger partial charge in [-0.2, -0.15) is 13.2 Å². The van der Waals surface area contributed by atoms with Gasteiger partial charge in [-0.05, 0) is 24.5 Å². The second kappa shape index (κ2) is 7.65. The zero-order valence-corrected chi connectivity index (χ0v) is 13.1. The van der Waals surface area contributed by atoms with Crippen molar-refractivity contribution in [1.82, 2.24) is 5.32 Å². The molecule has 1 aliphatic heterocycles. The van der Waals surface area contributed by atoms with Crippen molar-refractivity contribution < 1.29 is 32.2 Å². The molecule has 8 heteroatoms. The maximum absolute atomic E-state index is 12.8. The predicted molar refractivity (Wildman–Crippen MR) is 78.1 cm³/mol. The Labute approximate surface area is 137 Å². The minimum Gasteiger partial charge on any atom is -0.467 e. The van der Waals surface area contributed by atoms with E-state index >= 15 is 0 Å². The molecule has 1 fully saturated rings. The summed E-state index contributed by atoms with van der Waals surface area (Å²) in [7, 11) is 1.15. The highest BCUT2D eigenvalue weighted by Crippen LogP contribution is 2.29. The number of hydrogen-bond acceptors (Lipinski definition) is 4. The Hall–Kier alpha value is -2.09. The van der Waals surface area contributed by atoms with Gasteiger partial charge in [-0.3, -0.25) is 4.79 Å². The minimum atomic E-state index is -4.47. The lowest BCUT2D eigenvalue weighted by Gasteiger charge is -2.19. The quantitative estimate of drug-likeness (QED) is 0.830. The molecule has 1 N–H and O–H groups in total. The Balaban J connectivity index is 2.11. The molecule has 24 heavy (non-hydrogen) atoms. The number of alkyl halides is 3. The van der Waals surface area contributed by atoms with E-state index in [1.54, 1.807) is 0 Å². The molecular formula is C16H18F3NO4. The van der Waals surface area contributed by atoms with Gasteiger partial charge in [0.2, 0.25) is 5.91 Å². The normalized spacial score (nSPS) is 18.9. The van der Waals surface area contributed by atoms with Gasteiger partial charge < -0.3 is 14.8 Å². The van der Waals surface area contributed by atoms with Crippen LogP contribution in [0.2, 0.25) is 0 Å². The van der Waals surface area contributed by atoms with Gasteiger partial charge in [-0.1, -0.05) is 18.2 Å². The van der Waals surface area contributed by atoms with Crippen molar-refractivity contribution in [2.75, 3.05) is 13.7 Å². The number of hydrogen-bond donors (Lipinski definition) is 1. The molecule has 0 unspecified atom stereocenters. The van der Waals surface area contributed by atoms with Crippen LogP contribution in [0.4, 0.5) is 13.2 Å². The smallest absolute Gasteiger partial charge is 0.416 e. The maximum atomic E-state index is 12.8. The molecule has 1 aromatic carbocycles. The number of benzene rings is 1. The number of carbonyl (C=O) groups is 2. The monoisotopic (exact) mass is 345 g/mol. The molecule has 0 radical (unpaired) electrons. The third-order valence-corrected chi connectivity index (χ3v) is 3.72. The van der Waals surface area contributed by atoms with Crippen molar-refractivity contribution in [3.05, 3.63) is 35.4 Å². The topological polar surface area (TPSA) is 64.6 Å². The molecule has 5 nitrogen and oxygen atoms in total. The Morgan fingerprint density at radius 2 is 2.17 bits per heavy atom. The first-order chi connectivity index (χ1) is 11.3. The van der Waals surface area contributed by atoms with Crippen molar-refractivity contribution >= 4 is 11.9 Å². The molecule has 0 bridgehead atoms. The number of methoxy groups -OCH3 is 1. The van der Waals surface area contributed by atoms with Crippen LogP contribution in [0.1, 0.15) is 24.0 Å². The highest BCUT2D eigenvalue weighted by molar-refractivity contribution is 5.87. The SMILES string of the molecule is COC(=O)[C@H](Cc1cccc(C(F)(F)F)c1)NC(=O)[C@H]1CCCO1. The Morgan fingerprint density at radius 1 is 1.42 bits per heavy atom. The average Bonchev–Trinajstić information content (AvgIpc) is 3.07. The summed E-state index contributed by atoms with van der Waals surface area (Å²) in [5.41, 5.74) is -0.540. The Kier molecular flexibility index (Phi) is 5.82. The molecule has 1 aromatic rings. The van der Waals surface area contributed by atoms with Crippen LogP contribution >= 0.6 is 0 Å². The van der Waals surface area contributed by atoms with E-state index in [0.717, 1.165) is 25.7 Å². The fourth-order valence-corrected chi connectivity index (χ4v) is 2.49. The molecule has 0 saturated carbocycles. The van der Waals surface area contributed by atoms with Crippen molar-refractivity contribution in [1.29, 1.82) is 0 Å². The standard InChI is InChI=1S/C16H18F3NO4/c1-23-15(22)12(20-14(21)13-6-3-7-24-13)9-10-4-2-5-11(8-10)16(17,18)19/h2,4-5,8,12-13H,3,6-7,9H2,1H3,(H,20,21)/t12-,13+/m0/s1. The van der Waals surface area contributed by atoms with Crippen molar-refractivity contribution in [2.24, 2.45) is 0 Å². The van der Waals surface area contributed by atoms with Gasteiger partial charge in [0.1, 0.15) is 12.1 Å². The van der Waals surface area contributed by atoms with Gasteiger partial charge in [0.05, 0.1) is 12.7 Å². The molecule has 1 saturated heterocycles. The summed E-state index contributed by atoms with van der Waals surface area (Å²) in [6, 6.07) is 3.54. The van der Waals surface area contributed by atoms with Gasteiger partial charge in [0, 0.05) is 13.0 Å². The van der Waals surface area contributed by atoms with Gasteiger partial charge in [-0.25, -0.2) is 4.79 Å². The number of amides is 1. The largest absolute Gasteiger partial charge is 0.467 e. The van der Waals surface area contributed by atoms with Crippen LogP contribution in [0.5, 0.6) is 0 Å². The first kappa shape index (κ1) is 18.3. The van der Waals surface area contributed by atoms with Crippen LogP contribution in [0.3, 0.4) is 0 Å². The molecule has 0 aromatic heterocycles. The number of esters is 1. The van der Waals surface area contributed by atoms with Crippen molar-refractivity contribution in [3.8, 4) is 0 Å². The maximum Gasteiger partial charge on any atom is 0.416 e. The number of rotatable bonds is 5. The van der Waals surface area contributed by atoms with Crippen LogP contribution in [-0.2, 0) is 31.7 Å². The fourth-order valence-electron chi connectivity index (χ4n) is 2.49. The summed E-state index contributed by atoms with van der Waals surface area (Å²) in [4.78, 5) is 23.9. The molecule has 2 atom stereocenters. The summed E-state index contributed by atoms with van der Waals surface area (Å²) >= 11 is 0. The lowest BCUT2D eigenvalue weighted by Crippen LogP contribution is -2.47. The van der Waals surface area contributed by atoms with E-state index < -0.39 is 35.8 Å². The first-order valence-electron chi connectivity index (χ1n) is 7.47. The highest BCUT2D eigenvalue weighted by atomic mass is 19.4. The van der Waals surface area contributed by atoms with Crippen molar-refractivity contribution in [2.45, 2.75) is 37.6 Å². The number of ether oxygens (including phenoxy) is 2. The van der Waals surface area contributed by atoms with E-state index in [1.165, 1.54) is 12.1 Å². The molecule has 1 aliphatic rings. The summed E-state index contributed by atoms with van der Waals surface area (Å²) in [6.45, 7) is 0.467. The lowest BCUT2D eigenvalue weighted by molar-refractivity contribution is -0.146. The second-order valence-electron chi connectivity index (χ2n) is 5.49. The number of carbonyl (C=O) groups excluding carboxylic acids is 2. The summed E-state index contributed by atoms with van der Waals surface area (Å²) in [6.07, 6.45) is -3.93. The third kappa shape index (κ3) is 4.70. The summed E-state index contributed by atoms with van der Waals surface area (Å²) in [5.74, 6) is -1.19. The summed E-state index contributed by atoms with van der Waals surface area (Å²) in [5, 5.41) is 2.50. The third-order valence-electron chi connectivity index (χ3n) is 3.72. The Morgan fingerprint density at radius 3 is 2.75 bits per heavy atom. The van der Waals surface area contributed by atoms with E-state index in [4.69, 9.17) is 4.74 Å². The zero-order valence-electron chi connectivity index (χ0n) is 13.1. The van der Waals surface area contributed by atoms with Crippen LogP contribution < -0.4 is 5.32 Å². The Bertz CT molecular complexity index is 597. The van der Waals surface area contributed by atoms with Gasteiger partial charge in [0.25, 0.3) is 0 Å². The van der Waals surface area contributed by atoms with Gasteiger partial charge >= 0.3 is 12.1 Å². The lowest BCUT2D eigenvalue weighted by atomic mass is 10.0.